The van der Waals surface area contributed by atoms with Crippen LogP contribution in [-0.2, 0) is 6.61 Å². The lowest BCUT2D eigenvalue weighted by Crippen LogP contribution is -2.39. The smallest absolute Gasteiger partial charge is 0.322 e. The molecule has 1 aliphatic rings. The standard InChI is InChI=1S/C26H26N4O3S/c1-16-11-18-5-3-4-6-21(18)19(12-16)15-33-20-9-7-17(8-10-20)24(31)27-23-14-30(2)13-22(23)25-28-29-26(32)34-25/h3-12,22-23H,13-15H2,1-2H3,(H,27,31)(H,29,32)/t22-,23+/m0/s1. The van der Waals surface area contributed by atoms with Gasteiger partial charge in [-0.2, -0.15) is 5.10 Å². The van der Waals surface area contributed by atoms with Crippen LogP contribution in [0, 0.1) is 6.92 Å². The second kappa shape index (κ2) is 9.40. The Hall–Kier alpha value is -3.49. The highest BCUT2D eigenvalue weighted by Crippen LogP contribution is 2.27. The zero-order chi connectivity index (χ0) is 23.7. The molecule has 174 valence electrons. The van der Waals surface area contributed by atoms with Crippen LogP contribution in [-0.4, -0.2) is 47.2 Å². The molecule has 34 heavy (non-hydrogen) atoms. The van der Waals surface area contributed by atoms with Crippen molar-refractivity contribution in [3.05, 3.63) is 92.0 Å². The van der Waals surface area contributed by atoms with Gasteiger partial charge in [0.25, 0.3) is 5.91 Å². The van der Waals surface area contributed by atoms with Crippen molar-refractivity contribution < 1.29 is 9.53 Å². The summed E-state index contributed by atoms with van der Waals surface area (Å²) in [6, 6.07) is 19.7. The molecule has 1 saturated heterocycles. The second-order valence-electron chi connectivity index (χ2n) is 8.82. The van der Waals surface area contributed by atoms with Crippen LogP contribution in [0.2, 0.25) is 0 Å². The van der Waals surface area contributed by atoms with Crippen molar-refractivity contribution in [3.63, 3.8) is 0 Å². The van der Waals surface area contributed by atoms with Gasteiger partial charge in [0.15, 0.2) is 0 Å². The van der Waals surface area contributed by atoms with Gasteiger partial charge in [0.1, 0.15) is 17.4 Å². The molecular formula is C26H26N4O3S. The Morgan fingerprint density at radius 2 is 1.97 bits per heavy atom. The molecule has 1 amide bonds. The number of aromatic amines is 1. The van der Waals surface area contributed by atoms with E-state index in [9.17, 15) is 9.59 Å². The maximum absolute atomic E-state index is 12.9. The van der Waals surface area contributed by atoms with Gasteiger partial charge < -0.3 is 15.0 Å². The van der Waals surface area contributed by atoms with E-state index in [-0.39, 0.29) is 22.7 Å². The molecule has 2 atom stereocenters. The van der Waals surface area contributed by atoms with Crippen molar-refractivity contribution >= 4 is 28.0 Å². The monoisotopic (exact) mass is 474 g/mol. The van der Waals surface area contributed by atoms with Crippen LogP contribution in [0.25, 0.3) is 10.8 Å². The fourth-order valence-corrected chi connectivity index (χ4v) is 5.35. The van der Waals surface area contributed by atoms with Gasteiger partial charge in [-0.05, 0) is 54.6 Å². The van der Waals surface area contributed by atoms with E-state index in [1.54, 1.807) is 12.1 Å². The highest BCUT2D eigenvalue weighted by molar-refractivity contribution is 7.08. The Labute approximate surface area is 201 Å². The molecule has 0 spiro atoms. The molecule has 3 aromatic carbocycles. The van der Waals surface area contributed by atoms with Gasteiger partial charge in [-0.1, -0.05) is 53.3 Å². The summed E-state index contributed by atoms with van der Waals surface area (Å²) in [5.41, 5.74) is 2.90. The third kappa shape index (κ3) is 4.73. The Kier molecular flexibility index (Phi) is 6.17. The third-order valence-corrected chi connectivity index (χ3v) is 7.07. The number of likely N-dealkylation sites (N-methyl/N-ethyl adjacent to an activating group) is 1. The molecule has 5 rings (SSSR count). The molecule has 4 aromatic rings. The number of rotatable bonds is 6. The molecule has 1 aromatic heterocycles. The van der Waals surface area contributed by atoms with Crippen LogP contribution in [0.1, 0.15) is 32.4 Å². The predicted octanol–water partition coefficient (Wildman–Crippen LogP) is 3.70. The van der Waals surface area contributed by atoms with Gasteiger partial charge in [0.2, 0.25) is 0 Å². The minimum absolute atomic E-state index is 0.00958. The van der Waals surface area contributed by atoms with Gasteiger partial charge in [-0.3, -0.25) is 9.59 Å². The van der Waals surface area contributed by atoms with E-state index in [1.807, 2.05) is 31.3 Å². The first-order valence-corrected chi connectivity index (χ1v) is 12.0. The van der Waals surface area contributed by atoms with Crippen molar-refractivity contribution in [1.82, 2.24) is 20.4 Å². The summed E-state index contributed by atoms with van der Waals surface area (Å²) < 4.78 is 6.04. The van der Waals surface area contributed by atoms with Crippen LogP contribution in [0.15, 0.2) is 65.5 Å². The van der Waals surface area contributed by atoms with Crippen LogP contribution in [0.3, 0.4) is 0 Å². The Bertz CT molecular complexity index is 1380. The highest BCUT2D eigenvalue weighted by atomic mass is 32.1. The zero-order valence-corrected chi connectivity index (χ0v) is 19.9. The number of benzene rings is 3. The number of nitrogens with one attached hydrogen (secondary N) is 2. The lowest BCUT2D eigenvalue weighted by atomic mass is 10.0. The number of amides is 1. The number of ether oxygens (including phenoxy) is 1. The number of carbonyl (C=O) groups excluding carboxylic acids is 1. The summed E-state index contributed by atoms with van der Waals surface area (Å²) in [6.45, 7) is 3.99. The summed E-state index contributed by atoms with van der Waals surface area (Å²) in [7, 11) is 2.00. The molecule has 8 heteroatoms. The van der Waals surface area contributed by atoms with Crippen molar-refractivity contribution in [2.45, 2.75) is 25.5 Å². The van der Waals surface area contributed by atoms with Gasteiger partial charge in [-0.15, -0.1) is 0 Å². The fraction of sp³-hybridized carbons (Fsp3) is 0.269. The van der Waals surface area contributed by atoms with Gasteiger partial charge in [0.05, 0.1) is 6.04 Å². The van der Waals surface area contributed by atoms with Crippen LogP contribution >= 0.6 is 11.3 Å². The first kappa shape index (κ1) is 22.3. The van der Waals surface area contributed by atoms with Gasteiger partial charge >= 0.3 is 4.87 Å². The molecular weight excluding hydrogens is 448 g/mol. The summed E-state index contributed by atoms with van der Waals surface area (Å²) in [5.74, 6) is 0.552. The number of carbonyl (C=O) groups is 1. The average molecular weight is 475 g/mol. The molecule has 7 nitrogen and oxygen atoms in total. The van der Waals surface area contributed by atoms with E-state index < -0.39 is 0 Å². The molecule has 1 fully saturated rings. The summed E-state index contributed by atoms with van der Waals surface area (Å²) >= 11 is 1.10. The molecule has 0 saturated carbocycles. The van der Waals surface area contributed by atoms with E-state index in [1.165, 1.54) is 16.3 Å². The second-order valence-corrected chi connectivity index (χ2v) is 9.81. The van der Waals surface area contributed by atoms with E-state index in [4.69, 9.17) is 4.74 Å². The van der Waals surface area contributed by atoms with E-state index >= 15 is 0 Å². The van der Waals surface area contributed by atoms with Crippen LogP contribution in [0.4, 0.5) is 0 Å². The topological polar surface area (TPSA) is 87.3 Å². The van der Waals surface area contributed by atoms with E-state index in [2.05, 4.69) is 51.6 Å². The molecule has 2 heterocycles. The summed E-state index contributed by atoms with van der Waals surface area (Å²) in [6.07, 6.45) is 0. The predicted molar refractivity (Wildman–Crippen MR) is 134 cm³/mol. The molecule has 0 unspecified atom stereocenters. The SMILES string of the molecule is Cc1cc(COc2ccc(C(=O)N[C@@H]3CN(C)C[C@@H]3c3n[nH]c(=O)s3)cc2)c2ccccc2c1. The Balaban J connectivity index is 1.24. The van der Waals surface area contributed by atoms with Crippen LogP contribution < -0.4 is 14.9 Å². The van der Waals surface area contributed by atoms with Gasteiger partial charge in [0, 0.05) is 24.6 Å². The Morgan fingerprint density at radius 3 is 2.74 bits per heavy atom. The van der Waals surface area contributed by atoms with E-state index in [0.29, 0.717) is 24.5 Å². The van der Waals surface area contributed by atoms with Crippen molar-refractivity contribution in [3.8, 4) is 5.75 Å². The Morgan fingerprint density at radius 1 is 1.18 bits per heavy atom. The molecule has 0 aliphatic carbocycles. The number of nitrogens with zero attached hydrogens (tertiary/aromatic N) is 2. The molecule has 0 radical (unpaired) electrons. The minimum atomic E-state index is -0.177. The normalized spacial score (nSPS) is 18.3. The number of hydrogen-bond acceptors (Lipinski definition) is 6. The number of H-pyrrole nitrogens is 1. The quantitative estimate of drug-likeness (QED) is 0.445. The number of fused-ring (bicyclic) bond motifs is 1. The fourth-order valence-electron chi connectivity index (χ4n) is 4.59. The summed E-state index contributed by atoms with van der Waals surface area (Å²) in [5, 5.41) is 12.8. The average Bonchev–Trinajstić information content (AvgIpc) is 3.42. The zero-order valence-electron chi connectivity index (χ0n) is 19.1. The summed E-state index contributed by atoms with van der Waals surface area (Å²) in [4.78, 5) is 26.4. The largest absolute Gasteiger partial charge is 0.489 e. The molecule has 0 bridgehead atoms. The number of hydrogen-bond donors (Lipinski definition) is 2. The van der Waals surface area contributed by atoms with Crippen molar-refractivity contribution in [2.24, 2.45) is 0 Å². The van der Waals surface area contributed by atoms with Gasteiger partial charge in [-0.25, -0.2) is 5.10 Å². The lowest BCUT2D eigenvalue weighted by molar-refractivity contribution is 0.0935. The molecule has 2 N–H and O–H groups in total. The van der Waals surface area contributed by atoms with Crippen molar-refractivity contribution in [1.29, 1.82) is 0 Å². The minimum Gasteiger partial charge on any atom is -0.489 e. The van der Waals surface area contributed by atoms with Crippen molar-refractivity contribution in [2.75, 3.05) is 20.1 Å². The lowest BCUT2D eigenvalue weighted by Gasteiger charge is -2.18. The number of aryl methyl sites for hydroxylation is 1. The first-order chi connectivity index (χ1) is 16.5. The van der Waals surface area contributed by atoms with E-state index in [0.717, 1.165) is 28.5 Å². The number of aromatic nitrogens is 2. The van der Waals surface area contributed by atoms with Crippen LogP contribution in [0.5, 0.6) is 5.75 Å². The molecule has 1 aliphatic heterocycles. The highest BCUT2D eigenvalue weighted by Gasteiger charge is 2.35. The maximum atomic E-state index is 12.9. The maximum Gasteiger partial charge on any atom is 0.322 e. The third-order valence-electron chi connectivity index (χ3n) is 6.19. The number of likely N-dealkylation sites (tertiary alicyclic amines) is 1. The first-order valence-electron chi connectivity index (χ1n) is 11.2.